The highest BCUT2D eigenvalue weighted by Gasteiger charge is 2.18. The smallest absolute Gasteiger partial charge is 0.395 e. The molecule has 1 aromatic carbocycles. The fourth-order valence-corrected chi connectivity index (χ4v) is 1.72. The molecule has 0 atom stereocenters. The van der Waals surface area contributed by atoms with Crippen molar-refractivity contribution in [1.29, 1.82) is 0 Å². The SMILES string of the molecule is CN(C)c1cccc(C(=O)NNC(=O)c2ccc([N+](=O)[O-])o2)c1. The van der Waals surface area contributed by atoms with Gasteiger partial charge in [0.25, 0.3) is 5.91 Å². The molecule has 0 saturated carbocycles. The maximum atomic E-state index is 12.0. The van der Waals surface area contributed by atoms with Crippen molar-refractivity contribution in [3.05, 3.63) is 57.8 Å². The number of carbonyl (C=O) groups is 2. The zero-order valence-corrected chi connectivity index (χ0v) is 12.4. The molecule has 0 bridgehead atoms. The van der Waals surface area contributed by atoms with E-state index in [2.05, 4.69) is 10.9 Å². The van der Waals surface area contributed by atoms with Crippen LogP contribution in [0.25, 0.3) is 0 Å². The van der Waals surface area contributed by atoms with Gasteiger partial charge in [0.05, 0.1) is 6.07 Å². The highest BCUT2D eigenvalue weighted by Crippen LogP contribution is 2.15. The van der Waals surface area contributed by atoms with Gasteiger partial charge in [-0.1, -0.05) is 6.07 Å². The molecule has 2 amide bonds. The molecule has 0 aliphatic rings. The fraction of sp³-hybridized carbons (Fsp3) is 0.143. The topological polar surface area (TPSA) is 118 Å². The number of rotatable bonds is 4. The van der Waals surface area contributed by atoms with E-state index in [1.165, 1.54) is 0 Å². The van der Waals surface area contributed by atoms with Gasteiger partial charge in [0.2, 0.25) is 5.76 Å². The van der Waals surface area contributed by atoms with Gasteiger partial charge in [0, 0.05) is 25.3 Å². The third kappa shape index (κ3) is 3.84. The Balaban J connectivity index is 1.99. The summed E-state index contributed by atoms with van der Waals surface area (Å²) in [6.45, 7) is 0. The van der Waals surface area contributed by atoms with Crippen molar-refractivity contribution >= 4 is 23.4 Å². The maximum absolute atomic E-state index is 12.0. The van der Waals surface area contributed by atoms with Gasteiger partial charge < -0.3 is 9.32 Å². The van der Waals surface area contributed by atoms with Gasteiger partial charge in [-0.05, 0) is 24.3 Å². The molecule has 1 heterocycles. The number of nitrogens with zero attached hydrogens (tertiary/aromatic N) is 2. The molecule has 23 heavy (non-hydrogen) atoms. The average molecular weight is 318 g/mol. The van der Waals surface area contributed by atoms with Crippen LogP contribution >= 0.6 is 0 Å². The molecule has 2 rings (SSSR count). The third-order valence-corrected chi connectivity index (χ3v) is 2.91. The molecule has 0 fully saturated rings. The fourth-order valence-electron chi connectivity index (χ4n) is 1.72. The number of nitro groups is 1. The van der Waals surface area contributed by atoms with E-state index in [9.17, 15) is 19.7 Å². The molecule has 0 spiro atoms. The molecular formula is C14H14N4O5. The molecule has 1 aromatic heterocycles. The molecule has 120 valence electrons. The van der Waals surface area contributed by atoms with Gasteiger partial charge in [0.15, 0.2) is 0 Å². The van der Waals surface area contributed by atoms with E-state index in [0.717, 1.165) is 17.8 Å². The number of furan rings is 1. The number of hydrogen-bond donors (Lipinski definition) is 2. The molecule has 2 aromatic rings. The number of carbonyl (C=O) groups excluding carboxylic acids is 2. The van der Waals surface area contributed by atoms with Crippen LogP contribution in [0, 0.1) is 10.1 Å². The molecule has 9 nitrogen and oxygen atoms in total. The summed E-state index contributed by atoms with van der Waals surface area (Å²) in [5.41, 5.74) is 5.52. The Morgan fingerprint density at radius 3 is 2.43 bits per heavy atom. The van der Waals surface area contributed by atoms with Crippen molar-refractivity contribution in [3.63, 3.8) is 0 Å². The Bertz CT molecular complexity index is 753. The predicted octanol–water partition coefficient (Wildman–Crippen LogP) is 1.33. The molecular weight excluding hydrogens is 304 g/mol. The Kier molecular flexibility index (Phi) is 4.60. The third-order valence-electron chi connectivity index (χ3n) is 2.91. The first-order valence-corrected chi connectivity index (χ1v) is 6.51. The summed E-state index contributed by atoms with van der Waals surface area (Å²) in [6, 6.07) is 8.98. The monoisotopic (exact) mass is 318 g/mol. The first-order valence-electron chi connectivity index (χ1n) is 6.51. The summed E-state index contributed by atoms with van der Waals surface area (Å²) in [7, 11) is 3.67. The van der Waals surface area contributed by atoms with E-state index in [0.29, 0.717) is 5.56 Å². The lowest BCUT2D eigenvalue weighted by Crippen LogP contribution is -2.41. The minimum Gasteiger partial charge on any atom is -0.395 e. The van der Waals surface area contributed by atoms with Crippen molar-refractivity contribution in [2.75, 3.05) is 19.0 Å². The van der Waals surface area contributed by atoms with Gasteiger partial charge in [-0.15, -0.1) is 0 Å². The lowest BCUT2D eigenvalue weighted by molar-refractivity contribution is -0.402. The summed E-state index contributed by atoms with van der Waals surface area (Å²) >= 11 is 0. The van der Waals surface area contributed by atoms with E-state index >= 15 is 0 Å². The standard InChI is InChI=1S/C14H14N4O5/c1-17(2)10-5-3-4-9(8-10)13(19)15-16-14(20)11-6-7-12(23-11)18(21)22/h3-8H,1-2H3,(H,15,19)(H,16,20). The van der Waals surface area contributed by atoms with Crippen LogP contribution < -0.4 is 15.8 Å². The van der Waals surface area contributed by atoms with Crippen LogP contribution in [0.4, 0.5) is 11.6 Å². The predicted molar refractivity (Wildman–Crippen MR) is 81.1 cm³/mol. The minimum atomic E-state index is -0.796. The first-order chi connectivity index (χ1) is 10.9. The summed E-state index contributed by atoms with van der Waals surface area (Å²) in [5.74, 6) is -2.16. The minimum absolute atomic E-state index is 0.279. The van der Waals surface area contributed by atoms with E-state index in [-0.39, 0.29) is 5.76 Å². The number of anilines is 1. The van der Waals surface area contributed by atoms with Crippen LogP contribution in [0.15, 0.2) is 40.8 Å². The van der Waals surface area contributed by atoms with Crippen molar-refractivity contribution in [1.82, 2.24) is 10.9 Å². The zero-order chi connectivity index (χ0) is 17.0. The van der Waals surface area contributed by atoms with Gasteiger partial charge in [0.1, 0.15) is 4.92 Å². The Morgan fingerprint density at radius 2 is 1.83 bits per heavy atom. The lowest BCUT2D eigenvalue weighted by Gasteiger charge is -2.13. The van der Waals surface area contributed by atoms with E-state index in [4.69, 9.17) is 4.42 Å². The van der Waals surface area contributed by atoms with Crippen LogP contribution in [0.5, 0.6) is 0 Å². The van der Waals surface area contributed by atoms with Gasteiger partial charge in [-0.3, -0.25) is 30.6 Å². The number of amides is 2. The highest BCUT2D eigenvalue weighted by molar-refractivity contribution is 5.98. The average Bonchev–Trinajstić information content (AvgIpc) is 3.02. The van der Waals surface area contributed by atoms with E-state index in [1.54, 1.807) is 18.2 Å². The molecule has 0 radical (unpaired) electrons. The summed E-state index contributed by atoms with van der Waals surface area (Å²) in [6.07, 6.45) is 0. The van der Waals surface area contributed by atoms with Crippen LogP contribution in [0.1, 0.15) is 20.9 Å². The van der Waals surface area contributed by atoms with Crippen molar-refractivity contribution in [2.24, 2.45) is 0 Å². The molecule has 0 aliphatic heterocycles. The molecule has 2 N–H and O–H groups in total. The van der Waals surface area contributed by atoms with Gasteiger partial charge in [-0.2, -0.15) is 0 Å². The Morgan fingerprint density at radius 1 is 1.13 bits per heavy atom. The number of hydrogen-bond acceptors (Lipinski definition) is 6. The normalized spacial score (nSPS) is 10.0. The van der Waals surface area contributed by atoms with Crippen molar-refractivity contribution < 1.29 is 18.9 Å². The molecule has 9 heteroatoms. The second-order valence-electron chi connectivity index (χ2n) is 4.75. The quantitative estimate of drug-likeness (QED) is 0.648. The second-order valence-corrected chi connectivity index (χ2v) is 4.75. The zero-order valence-electron chi connectivity index (χ0n) is 12.4. The summed E-state index contributed by atoms with van der Waals surface area (Å²) in [5, 5.41) is 10.5. The Hall–Kier alpha value is -3.36. The van der Waals surface area contributed by atoms with Gasteiger partial charge in [-0.25, -0.2) is 0 Å². The highest BCUT2D eigenvalue weighted by atomic mass is 16.6. The van der Waals surface area contributed by atoms with Crippen LogP contribution in [0.3, 0.4) is 0 Å². The number of hydrazine groups is 1. The van der Waals surface area contributed by atoms with Crippen molar-refractivity contribution in [2.45, 2.75) is 0 Å². The molecule has 0 saturated heterocycles. The second kappa shape index (κ2) is 6.60. The molecule has 0 aliphatic carbocycles. The molecule has 0 unspecified atom stereocenters. The van der Waals surface area contributed by atoms with Gasteiger partial charge >= 0.3 is 11.8 Å². The number of benzene rings is 1. The maximum Gasteiger partial charge on any atom is 0.433 e. The number of nitrogens with one attached hydrogen (secondary N) is 2. The summed E-state index contributed by atoms with van der Waals surface area (Å²) in [4.78, 5) is 35.3. The first kappa shape index (κ1) is 16.0. The summed E-state index contributed by atoms with van der Waals surface area (Å²) < 4.78 is 4.73. The van der Waals surface area contributed by atoms with E-state index in [1.807, 2.05) is 25.1 Å². The Labute approximate surface area is 131 Å². The van der Waals surface area contributed by atoms with E-state index < -0.39 is 22.6 Å². The van der Waals surface area contributed by atoms with Crippen LogP contribution in [-0.2, 0) is 0 Å². The van der Waals surface area contributed by atoms with Crippen LogP contribution in [-0.4, -0.2) is 30.8 Å². The van der Waals surface area contributed by atoms with Crippen LogP contribution in [0.2, 0.25) is 0 Å². The largest absolute Gasteiger partial charge is 0.433 e. The lowest BCUT2D eigenvalue weighted by atomic mass is 10.2. The van der Waals surface area contributed by atoms with Crippen molar-refractivity contribution in [3.8, 4) is 0 Å².